The van der Waals surface area contributed by atoms with E-state index in [-0.39, 0.29) is 6.04 Å². The molecule has 18 heavy (non-hydrogen) atoms. The van der Waals surface area contributed by atoms with E-state index in [4.69, 9.17) is 10.2 Å². The van der Waals surface area contributed by atoms with Crippen molar-refractivity contribution in [3.8, 4) is 0 Å². The molecule has 2 aliphatic rings. The van der Waals surface area contributed by atoms with Gasteiger partial charge in [0.2, 0.25) is 0 Å². The molecule has 5 heteroatoms. The average molecular weight is 378 g/mol. The van der Waals surface area contributed by atoms with Crippen molar-refractivity contribution in [2.24, 2.45) is 17.6 Å². The maximum absolute atomic E-state index is 5.96. The Morgan fingerprint density at radius 3 is 2.50 bits per heavy atom. The fourth-order valence-electron chi connectivity index (χ4n) is 3.50. The van der Waals surface area contributed by atoms with Crippen LogP contribution in [0.1, 0.15) is 31.1 Å². The summed E-state index contributed by atoms with van der Waals surface area (Å²) in [4.78, 5) is 2.51. The number of furan rings is 1. The average Bonchev–Trinajstić information content (AvgIpc) is 2.96. The van der Waals surface area contributed by atoms with E-state index < -0.39 is 0 Å². The van der Waals surface area contributed by atoms with Gasteiger partial charge in [0.05, 0.1) is 10.5 Å². The molecule has 0 spiro atoms. The highest BCUT2D eigenvalue weighted by atomic mass is 79.9. The normalized spacial score (nSPS) is 29.7. The number of rotatable bonds is 3. The minimum absolute atomic E-state index is 0.221. The largest absolute Gasteiger partial charge is 0.451 e. The Morgan fingerprint density at radius 1 is 1.33 bits per heavy atom. The third kappa shape index (κ3) is 2.30. The molecule has 3 atom stereocenters. The molecule has 100 valence electrons. The lowest BCUT2D eigenvalue weighted by Gasteiger charge is -2.25. The van der Waals surface area contributed by atoms with Gasteiger partial charge in [-0.1, -0.05) is 6.42 Å². The van der Waals surface area contributed by atoms with Gasteiger partial charge in [-0.25, -0.2) is 0 Å². The Hall–Kier alpha value is 0.160. The summed E-state index contributed by atoms with van der Waals surface area (Å²) in [5, 5.41) is 0. The molecule has 1 saturated heterocycles. The van der Waals surface area contributed by atoms with Crippen LogP contribution in [0.2, 0.25) is 0 Å². The first-order valence-electron chi connectivity index (χ1n) is 6.58. The van der Waals surface area contributed by atoms with Gasteiger partial charge in [-0.05, 0) is 62.6 Å². The highest BCUT2D eigenvalue weighted by Gasteiger charge is 2.39. The first-order valence-corrected chi connectivity index (χ1v) is 8.16. The Labute approximate surface area is 124 Å². The zero-order chi connectivity index (χ0) is 12.7. The molecule has 1 aromatic heterocycles. The number of fused-ring (bicyclic) bond motifs is 1. The highest BCUT2D eigenvalue weighted by Crippen LogP contribution is 2.41. The van der Waals surface area contributed by atoms with Gasteiger partial charge >= 0.3 is 0 Å². The summed E-state index contributed by atoms with van der Waals surface area (Å²) in [5.74, 6) is 2.75. The Kier molecular flexibility index (Phi) is 3.85. The van der Waals surface area contributed by atoms with Crippen LogP contribution in [-0.2, 0) is 0 Å². The second-order valence-electron chi connectivity index (χ2n) is 5.43. The summed E-state index contributed by atoms with van der Waals surface area (Å²) >= 11 is 6.87. The molecule has 3 nitrogen and oxygen atoms in total. The molecule has 1 aromatic rings. The van der Waals surface area contributed by atoms with Crippen LogP contribution in [-0.4, -0.2) is 24.5 Å². The van der Waals surface area contributed by atoms with E-state index >= 15 is 0 Å². The molecule has 1 aliphatic carbocycles. The van der Waals surface area contributed by atoms with E-state index in [9.17, 15) is 0 Å². The van der Waals surface area contributed by atoms with Crippen molar-refractivity contribution >= 4 is 31.9 Å². The molecule has 0 amide bonds. The number of hydrogen-bond donors (Lipinski definition) is 1. The van der Waals surface area contributed by atoms with Gasteiger partial charge in [0.25, 0.3) is 0 Å². The molecular weight excluding hydrogens is 360 g/mol. The molecule has 2 fully saturated rings. The lowest BCUT2D eigenvalue weighted by Crippen LogP contribution is -2.32. The molecule has 0 radical (unpaired) electrons. The summed E-state index contributed by atoms with van der Waals surface area (Å²) in [7, 11) is 0. The van der Waals surface area contributed by atoms with Crippen molar-refractivity contribution in [1.82, 2.24) is 4.90 Å². The van der Waals surface area contributed by atoms with E-state index in [1.165, 1.54) is 32.4 Å². The van der Waals surface area contributed by atoms with Crippen molar-refractivity contribution in [2.45, 2.75) is 25.3 Å². The Balaban J connectivity index is 1.77. The Morgan fingerprint density at radius 2 is 2.00 bits per heavy atom. The van der Waals surface area contributed by atoms with E-state index in [0.29, 0.717) is 6.54 Å². The zero-order valence-corrected chi connectivity index (χ0v) is 13.4. The van der Waals surface area contributed by atoms with Gasteiger partial charge in [-0.15, -0.1) is 0 Å². The molecule has 2 N–H and O–H groups in total. The van der Waals surface area contributed by atoms with Gasteiger partial charge in [-0.3, -0.25) is 4.90 Å². The summed E-state index contributed by atoms with van der Waals surface area (Å²) in [5.41, 5.74) is 5.96. The van der Waals surface area contributed by atoms with Gasteiger partial charge < -0.3 is 10.2 Å². The summed E-state index contributed by atoms with van der Waals surface area (Å²) in [6.45, 7) is 2.98. The first-order chi connectivity index (χ1) is 8.69. The summed E-state index contributed by atoms with van der Waals surface area (Å²) in [6.07, 6.45) is 4.20. The van der Waals surface area contributed by atoms with Gasteiger partial charge in [-0.2, -0.15) is 0 Å². The van der Waals surface area contributed by atoms with E-state index in [1.807, 2.05) is 6.07 Å². The summed E-state index contributed by atoms with van der Waals surface area (Å²) in [6, 6.07) is 2.26. The second-order valence-corrected chi connectivity index (χ2v) is 7.00. The van der Waals surface area contributed by atoms with Crippen molar-refractivity contribution < 1.29 is 4.42 Å². The van der Waals surface area contributed by atoms with Crippen molar-refractivity contribution in [3.05, 3.63) is 21.0 Å². The van der Waals surface area contributed by atoms with E-state index in [1.54, 1.807) is 0 Å². The first kappa shape index (κ1) is 13.2. The lowest BCUT2D eigenvalue weighted by atomic mass is 10.0. The monoisotopic (exact) mass is 376 g/mol. The molecule has 3 unspecified atom stereocenters. The number of nitrogens with two attached hydrogens (primary N) is 1. The molecule has 1 saturated carbocycles. The molecule has 0 bridgehead atoms. The minimum atomic E-state index is 0.221. The number of hydrogen-bond acceptors (Lipinski definition) is 3. The van der Waals surface area contributed by atoms with Crippen LogP contribution >= 0.6 is 31.9 Å². The van der Waals surface area contributed by atoms with Crippen molar-refractivity contribution in [3.63, 3.8) is 0 Å². The molecule has 3 rings (SSSR count). The van der Waals surface area contributed by atoms with Crippen LogP contribution < -0.4 is 5.73 Å². The molecule has 0 aromatic carbocycles. The number of likely N-dealkylation sites (tertiary alicyclic amines) is 1. The smallest absolute Gasteiger partial charge is 0.183 e. The van der Waals surface area contributed by atoms with Gasteiger partial charge in [0, 0.05) is 19.6 Å². The van der Waals surface area contributed by atoms with E-state index in [0.717, 1.165) is 26.7 Å². The standard InChI is InChI=1S/C13H18Br2N2O/c14-10-4-12(18-13(10)15)11(5-16)17-6-8-2-1-3-9(8)7-17/h4,8-9,11H,1-3,5-7,16H2. The second kappa shape index (κ2) is 5.27. The van der Waals surface area contributed by atoms with Crippen LogP contribution in [0.25, 0.3) is 0 Å². The number of halogens is 2. The van der Waals surface area contributed by atoms with Crippen LogP contribution in [0.3, 0.4) is 0 Å². The lowest BCUT2D eigenvalue weighted by molar-refractivity contribution is 0.203. The topological polar surface area (TPSA) is 42.4 Å². The van der Waals surface area contributed by atoms with Crippen LogP contribution in [0.5, 0.6) is 0 Å². The van der Waals surface area contributed by atoms with Crippen molar-refractivity contribution in [2.75, 3.05) is 19.6 Å². The minimum Gasteiger partial charge on any atom is -0.451 e. The van der Waals surface area contributed by atoms with Gasteiger partial charge in [0.1, 0.15) is 5.76 Å². The summed E-state index contributed by atoms with van der Waals surface area (Å²) < 4.78 is 7.48. The quantitative estimate of drug-likeness (QED) is 0.875. The molecule has 1 aliphatic heterocycles. The zero-order valence-electron chi connectivity index (χ0n) is 10.2. The van der Waals surface area contributed by atoms with Crippen molar-refractivity contribution in [1.29, 1.82) is 0 Å². The Bertz CT molecular complexity index is 403. The van der Waals surface area contributed by atoms with Gasteiger partial charge in [0.15, 0.2) is 4.67 Å². The highest BCUT2D eigenvalue weighted by molar-refractivity contribution is 9.13. The molecule has 2 heterocycles. The van der Waals surface area contributed by atoms with Crippen LogP contribution in [0.4, 0.5) is 0 Å². The SMILES string of the molecule is NCC(c1cc(Br)c(Br)o1)N1CC2CCCC2C1. The van der Waals surface area contributed by atoms with Crippen LogP contribution in [0, 0.1) is 11.8 Å². The molecular formula is C13H18Br2N2O. The fraction of sp³-hybridized carbons (Fsp3) is 0.692. The third-order valence-corrected chi connectivity index (χ3v) is 6.12. The third-order valence-electron chi connectivity index (χ3n) is 4.41. The predicted molar refractivity (Wildman–Crippen MR) is 78.3 cm³/mol. The maximum atomic E-state index is 5.96. The van der Waals surface area contributed by atoms with E-state index in [2.05, 4.69) is 36.8 Å². The predicted octanol–water partition coefficient (Wildman–Crippen LogP) is 3.54. The fourth-order valence-corrected chi connectivity index (χ4v) is 4.11. The number of nitrogens with zero attached hydrogens (tertiary/aromatic N) is 1. The maximum Gasteiger partial charge on any atom is 0.183 e. The van der Waals surface area contributed by atoms with Crippen LogP contribution in [0.15, 0.2) is 19.6 Å².